The summed E-state index contributed by atoms with van der Waals surface area (Å²) in [4.78, 5) is 3.75. The molecule has 86 valence electrons. The van der Waals surface area contributed by atoms with E-state index in [9.17, 15) is 0 Å². The zero-order chi connectivity index (χ0) is 10.9. The number of nitrogens with zero attached hydrogens (tertiary/aromatic N) is 1. The van der Waals surface area contributed by atoms with Crippen molar-refractivity contribution in [3.8, 4) is 0 Å². The molecule has 0 saturated carbocycles. The van der Waals surface area contributed by atoms with Crippen molar-refractivity contribution in [1.29, 1.82) is 0 Å². The van der Waals surface area contributed by atoms with Gasteiger partial charge in [-0.3, -0.25) is 0 Å². The Hall–Kier alpha value is -0.420. The van der Waals surface area contributed by atoms with E-state index in [1.807, 2.05) is 11.3 Å². The lowest BCUT2D eigenvalue weighted by atomic mass is 10.4. The van der Waals surface area contributed by atoms with Crippen molar-refractivity contribution in [1.82, 2.24) is 10.2 Å². The van der Waals surface area contributed by atoms with Gasteiger partial charge in [-0.25, -0.2) is 0 Å². The van der Waals surface area contributed by atoms with Gasteiger partial charge in [-0.2, -0.15) is 0 Å². The molecule has 1 aromatic rings. The predicted molar refractivity (Wildman–Crippen MR) is 65.4 cm³/mol. The summed E-state index contributed by atoms with van der Waals surface area (Å²) in [6.07, 6.45) is 0. The van der Waals surface area contributed by atoms with Crippen LogP contribution in [0.1, 0.15) is 4.88 Å². The Morgan fingerprint density at radius 3 is 3.00 bits per heavy atom. The third-order valence-corrected chi connectivity index (χ3v) is 3.02. The van der Waals surface area contributed by atoms with Crippen molar-refractivity contribution in [2.45, 2.75) is 6.54 Å². The van der Waals surface area contributed by atoms with Crippen LogP contribution >= 0.6 is 11.3 Å². The smallest absolute Gasteiger partial charge is 0.0587 e. The highest BCUT2D eigenvalue weighted by Crippen LogP contribution is 2.10. The SMILES string of the molecule is COCCNCCN(C)Cc1cccs1. The van der Waals surface area contributed by atoms with Gasteiger partial charge in [0.1, 0.15) is 0 Å². The van der Waals surface area contributed by atoms with E-state index in [0.717, 1.165) is 32.8 Å². The summed E-state index contributed by atoms with van der Waals surface area (Å²) in [6, 6.07) is 4.28. The molecular weight excluding hydrogens is 208 g/mol. The van der Waals surface area contributed by atoms with Gasteiger partial charge in [0.15, 0.2) is 0 Å². The van der Waals surface area contributed by atoms with Gasteiger partial charge >= 0.3 is 0 Å². The Labute approximate surface area is 96.0 Å². The molecule has 0 aliphatic heterocycles. The second-order valence-electron chi connectivity index (χ2n) is 3.56. The number of methoxy groups -OCH3 is 1. The molecule has 0 atom stereocenters. The quantitative estimate of drug-likeness (QED) is 0.681. The first kappa shape index (κ1) is 12.6. The number of ether oxygens (including phenoxy) is 1. The molecule has 15 heavy (non-hydrogen) atoms. The second-order valence-corrected chi connectivity index (χ2v) is 4.59. The van der Waals surface area contributed by atoms with Crippen LogP contribution in [-0.2, 0) is 11.3 Å². The lowest BCUT2D eigenvalue weighted by Gasteiger charge is -2.15. The van der Waals surface area contributed by atoms with E-state index in [4.69, 9.17) is 4.74 Å². The average molecular weight is 228 g/mol. The van der Waals surface area contributed by atoms with Crippen LogP contribution in [0.2, 0.25) is 0 Å². The third kappa shape index (κ3) is 5.89. The molecule has 0 radical (unpaired) electrons. The highest BCUT2D eigenvalue weighted by atomic mass is 32.1. The van der Waals surface area contributed by atoms with Crippen molar-refractivity contribution in [2.24, 2.45) is 0 Å². The molecule has 0 aliphatic carbocycles. The van der Waals surface area contributed by atoms with Crippen molar-refractivity contribution in [3.05, 3.63) is 22.4 Å². The van der Waals surface area contributed by atoms with Crippen LogP contribution in [0.3, 0.4) is 0 Å². The van der Waals surface area contributed by atoms with E-state index in [-0.39, 0.29) is 0 Å². The minimum Gasteiger partial charge on any atom is -0.383 e. The van der Waals surface area contributed by atoms with Gasteiger partial charge in [-0.15, -0.1) is 11.3 Å². The second kappa shape index (κ2) is 7.82. The van der Waals surface area contributed by atoms with Crippen molar-refractivity contribution in [3.63, 3.8) is 0 Å². The van der Waals surface area contributed by atoms with Crippen LogP contribution in [0.4, 0.5) is 0 Å². The molecule has 1 rings (SSSR count). The van der Waals surface area contributed by atoms with E-state index in [0.29, 0.717) is 0 Å². The van der Waals surface area contributed by atoms with E-state index in [1.54, 1.807) is 7.11 Å². The number of hydrogen-bond acceptors (Lipinski definition) is 4. The zero-order valence-electron chi connectivity index (χ0n) is 9.53. The van der Waals surface area contributed by atoms with Crippen LogP contribution in [-0.4, -0.2) is 45.3 Å². The summed E-state index contributed by atoms with van der Waals surface area (Å²) in [7, 11) is 3.88. The standard InChI is InChI=1S/C11H20N2OS/c1-13(7-5-12-6-8-14-2)10-11-4-3-9-15-11/h3-4,9,12H,5-8,10H2,1-2H3. The van der Waals surface area contributed by atoms with Gasteiger partial charge in [0.2, 0.25) is 0 Å². The van der Waals surface area contributed by atoms with Crippen LogP contribution in [0.5, 0.6) is 0 Å². The Morgan fingerprint density at radius 1 is 1.47 bits per heavy atom. The largest absolute Gasteiger partial charge is 0.383 e. The Morgan fingerprint density at radius 2 is 2.33 bits per heavy atom. The van der Waals surface area contributed by atoms with Gasteiger partial charge in [0.25, 0.3) is 0 Å². The predicted octanol–water partition coefficient (Wildman–Crippen LogP) is 1.42. The summed E-state index contributed by atoms with van der Waals surface area (Å²) in [6.45, 7) is 4.86. The van der Waals surface area contributed by atoms with Gasteiger partial charge in [-0.1, -0.05) is 6.07 Å². The topological polar surface area (TPSA) is 24.5 Å². The molecule has 0 fully saturated rings. The van der Waals surface area contributed by atoms with Gasteiger partial charge in [0.05, 0.1) is 6.61 Å². The van der Waals surface area contributed by atoms with E-state index < -0.39 is 0 Å². The number of nitrogens with one attached hydrogen (secondary N) is 1. The Balaban J connectivity index is 2.01. The molecule has 0 amide bonds. The van der Waals surface area contributed by atoms with Gasteiger partial charge in [0, 0.05) is 38.2 Å². The third-order valence-electron chi connectivity index (χ3n) is 2.16. The van der Waals surface area contributed by atoms with Crippen LogP contribution in [0.15, 0.2) is 17.5 Å². The molecule has 0 unspecified atom stereocenters. The van der Waals surface area contributed by atoms with E-state index >= 15 is 0 Å². The highest BCUT2D eigenvalue weighted by molar-refractivity contribution is 7.09. The Bertz CT molecular complexity index is 239. The molecule has 0 aliphatic rings. The van der Waals surface area contributed by atoms with E-state index in [1.165, 1.54) is 4.88 Å². The van der Waals surface area contributed by atoms with Crippen molar-refractivity contribution >= 4 is 11.3 Å². The van der Waals surface area contributed by atoms with E-state index in [2.05, 4.69) is 34.8 Å². The maximum Gasteiger partial charge on any atom is 0.0587 e. The normalized spacial score (nSPS) is 11.1. The highest BCUT2D eigenvalue weighted by Gasteiger charge is 1.99. The maximum atomic E-state index is 4.96. The molecule has 0 aromatic carbocycles. The average Bonchev–Trinajstić information content (AvgIpc) is 2.70. The number of thiophene rings is 1. The molecule has 0 saturated heterocycles. The van der Waals surface area contributed by atoms with Crippen molar-refractivity contribution < 1.29 is 4.74 Å². The van der Waals surface area contributed by atoms with Gasteiger partial charge in [-0.05, 0) is 18.5 Å². The monoisotopic (exact) mass is 228 g/mol. The Kier molecular flexibility index (Phi) is 6.59. The first-order valence-electron chi connectivity index (χ1n) is 5.23. The summed E-state index contributed by atoms with van der Waals surface area (Å²) in [5.41, 5.74) is 0. The molecule has 4 heteroatoms. The van der Waals surface area contributed by atoms with Crippen LogP contribution in [0.25, 0.3) is 0 Å². The lowest BCUT2D eigenvalue weighted by molar-refractivity contribution is 0.197. The van der Waals surface area contributed by atoms with Crippen molar-refractivity contribution in [2.75, 3.05) is 40.4 Å². The van der Waals surface area contributed by atoms with Crippen LogP contribution < -0.4 is 5.32 Å². The number of likely N-dealkylation sites (N-methyl/N-ethyl adjacent to an activating group) is 1. The first-order chi connectivity index (χ1) is 7.33. The molecule has 1 N–H and O–H groups in total. The summed E-state index contributed by atoms with van der Waals surface area (Å²) >= 11 is 1.82. The minimum absolute atomic E-state index is 0.786. The fourth-order valence-electron chi connectivity index (χ4n) is 1.32. The summed E-state index contributed by atoms with van der Waals surface area (Å²) < 4.78 is 4.96. The maximum absolute atomic E-state index is 4.96. The number of hydrogen-bond donors (Lipinski definition) is 1. The summed E-state index contributed by atoms with van der Waals surface area (Å²) in [5, 5.41) is 5.46. The minimum atomic E-state index is 0.786. The molecule has 3 nitrogen and oxygen atoms in total. The fourth-order valence-corrected chi connectivity index (χ4v) is 2.10. The number of rotatable bonds is 8. The molecule has 0 spiro atoms. The molecule has 1 heterocycles. The lowest BCUT2D eigenvalue weighted by Crippen LogP contribution is -2.30. The van der Waals surface area contributed by atoms with Crippen LogP contribution in [0, 0.1) is 0 Å². The fraction of sp³-hybridized carbons (Fsp3) is 0.636. The molecule has 0 bridgehead atoms. The molecule has 1 aromatic heterocycles. The summed E-state index contributed by atoms with van der Waals surface area (Å²) in [5.74, 6) is 0. The van der Waals surface area contributed by atoms with Gasteiger partial charge < -0.3 is 15.0 Å². The first-order valence-corrected chi connectivity index (χ1v) is 6.11. The molecular formula is C11H20N2OS. The zero-order valence-corrected chi connectivity index (χ0v) is 10.3.